The Morgan fingerprint density at radius 1 is 1.24 bits per heavy atom. The molecular formula is C14H14Cl2N4O. The molecule has 0 bridgehead atoms. The molecule has 0 saturated carbocycles. The molecule has 2 aromatic rings. The third-order valence-electron chi connectivity index (χ3n) is 2.82. The topological polar surface area (TPSA) is 58.1 Å². The van der Waals surface area contributed by atoms with Gasteiger partial charge in [0.1, 0.15) is 11.1 Å². The Morgan fingerprint density at radius 2 is 1.90 bits per heavy atom. The average molecular weight is 325 g/mol. The second-order valence-electron chi connectivity index (χ2n) is 4.56. The Labute approximate surface area is 132 Å². The molecule has 0 fully saturated rings. The van der Waals surface area contributed by atoms with Gasteiger partial charge in [-0.15, -0.1) is 0 Å². The van der Waals surface area contributed by atoms with E-state index in [1.54, 1.807) is 14.1 Å². The smallest absolute Gasteiger partial charge is 0.249 e. The molecule has 1 heterocycles. The largest absolute Gasteiger partial charge is 0.353 e. The predicted molar refractivity (Wildman–Crippen MR) is 83.6 cm³/mol. The maximum absolute atomic E-state index is 12.4. The van der Waals surface area contributed by atoms with E-state index in [9.17, 15) is 4.79 Å². The van der Waals surface area contributed by atoms with Gasteiger partial charge in [-0.05, 0) is 17.2 Å². The van der Waals surface area contributed by atoms with Crippen molar-refractivity contribution in [3.05, 3.63) is 52.4 Å². The van der Waals surface area contributed by atoms with Crippen LogP contribution >= 0.6 is 23.2 Å². The first-order chi connectivity index (χ1) is 9.99. The summed E-state index contributed by atoms with van der Waals surface area (Å²) in [6, 6.07) is 8.72. The Bertz CT molecular complexity index is 634. The van der Waals surface area contributed by atoms with E-state index in [4.69, 9.17) is 23.2 Å². The molecule has 2 rings (SSSR count). The number of likely N-dealkylation sites (N-methyl/N-ethyl adjacent to an activating group) is 1. The maximum atomic E-state index is 12.4. The van der Waals surface area contributed by atoms with Crippen molar-refractivity contribution in [2.75, 3.05) is 19.4 Å². The number of halogens is 2. The van der Waals surface area contributed by atoms with E-state index in [0.29, 0.717) is 10.8 Å². The Morgan fingerprint density at radius 3 is 2.52 bits per heavy atom. The van der Waals surface area contributed by atoms with Crippen molar-refractivity contribution in [1.82, 2.24) is 14.9 Å². The third-order valence-corrected chi connectivity index (χ3v) is 3.28. The van der Waals surface area contributed by atoms with Gasteiger partial charge in [0.2, 0.25) is 11.2 Å². The minimum atomic E-state index is -0.607. The minimum Gasteiger partial charge on any atom is -0.353 e. The molecule has 0 unspecified atom stereocenters. The van der Waals surface area contributed by atoms with E-state index < -0.39 is 6.04 Å². The summed E-state index contributed by atoms with van der Waals surface area (Å²) in [7, 11) is 3.38. The number of aromatic nitrogens is 2. The van der Waals surface area contributed by atoms with Gasteiger partial charge in [0.25, 0.3) is 0 Å². The molecular weight excluding hydrogens is 311 g/mol. The number of benzene rings is 1. The number of nitrogens with zero attached hydrogens (tertiary/aromatic N) is 3. The van der Waals surface area contributed by atoms with Crippen LogP contribution in [-0.4, -0.2) is 34.9 Å². The molecule has 0 aliphatic carbocycles. The summed E-state index contributed by atoms with van der Waals surface area (Å²) in [4.78, 5) is 21.7. The third kappa shape index (κ3) is 3.83. The number of anilines is 1. The fourth-order valence-corrected chi connectivity index (χ4v) is 2.05. The highest BCUT2D eigenvalue weighted by Gasteiger charge is 2.23. The molecule has 1 N–H and O–H groups in total. The molecule has 7 heteroatoms. The maximum Gasteiger partial charge on any atom is 0.249 e. The van der Waals surface area contributed by atoms with E-state index in [1.807, 2.05) is 30.3 Å². The van der Waals surface area contributed by atoms with Crippen molar-refractivity contribution in [3.63, 3.8) is 0 Å². The molecule has 21 heavy (non-hydrogen) atoms. The van der Waals surface area contributed by atoms with E-state index >= 15 is 0 Å². The van der Waals surface area contributed by atoms with E-state index in [0.717, 1.165) is 5.56 Å². The number of rotatable bonds is 4. The van der Waals surface area contributed by atoms with Gasteiger partial charge in [0, 0.05) is 14.1 Å². The van der Waals surface area contributed by atoms with Crippen LogP contribution in [0.2, 0.25) is 10.3 Å². The summed E-state index contributed by atoms with van der Waals surface area (Å²) in [6.45, 7) is 0. The van der Waals surface area contributed by atoms with Gasteiger partial charge < -0.3 is 10.2 Å². The molecule has 5 nitrogen and oxygen atoms in total. The number of nitrogens with one attached hydrogen (secondary N) is 1. The predicted octanol–water partition coefficient (Wildman–Crippen LogP) is 3.02. The Balaban J connectivity index is 2.37. The molecule has 1 atom stereocenters. The Kier molecular flexibility index (Phi) is 4.98. The normalized spacial score (nSPS) is 11.8. The lowest BCUT2D eigenvalue weighted by Crippen LogP contribution is -2.32. The van der Waals surface area contributed by atoms with Gasteiger partial charge in [-0.2, -0.15) is 4.98 Å². The first kappa shape index (κ1) is 15.5. The zero-order valence-electron chi connectivity index (χ0n) is 11.5. The number of carbonyl (C=O) groups is 1. The first-order valence-corrected chi connectivity index (χ1v) is 6.95. The molecule has 0 radical (unpaired) electrons. The van der Waals surface area contributed by atoms with Gasteiger partial charge in [-0.25, -0.2) is 4.98 Å². The van der Waals surface area contributed by atoms with E-state index in [2.05, 4.69) is 15.3 Å². The van der Waals surface area contributed by atoms with Crippen molar-refractivity contribution < 1.29 is 4.79 Å². The lowest BCUT2D eigenvalue weighted by Gasteiger charge is -2.23. The number of amides is 1. The first-order valence-electron chi connectivity index (χ1n) is 6.19. The average Bonchev–Trinajstić information content (AvgIpc) is 2.48. The molecule has 1 aromatic heterocycles. The summed E-state index contributed by atoms with van der Waals surface area (Å²) in [5.41, 5.74) is 0.807. The van der Waals surface area contributed by atoms with Crippen LogP contribution in [0.1, 0.15) is 11.6 Å². The highest BCUT2D eigenvalue weighted by Crippen LogP contribution is 2.25. The quantitative estimate of drug-likeness (QED) is 0.878. The number of carbonyl (C=O) groups excluding carboxylic acids is 1. The van der Waals surface area contributed by atoms with Crippen molar-refractivity contribution >= 4 is 34.9 Å². The van der Waals surface area contributed by atoms with Gasteiger partial charge >= 0.3 is 0 Å². The second-order valence-corrected chi connectivity index (χ2v) is 5.30. The van der Waals surface area contributed by atoms with Crippen molar-refractivity contribution in [2.24, 2.45) is 0 Å². The van der Waals surface area contributed by atoms with Crippen LogP contribution in [0.25, 0.3) is 0 Å². The van der Waals surface area contributed by atoms with Crippen molar-refractivity contribution in [1.29, 1.82) is 0 Å². The molecule has 0 spiro atoms. The van der Waals surface area contributed by atoms with Gasteiger partial charge in [0.05, 0.1) is 6.20 Å². The van der Waals surface area contributed by atoms with E-state index in [1.165, 1.54) is 11.1 Å². The molecule has 0 saturated heterocycles. The number of hydrogen-bond donors (Lipinski definition) is 1. The van der Waals surface area contributed by atoms with Crippen LogP contribution in [-0.2, 0) is 4.79 Å². The van der Waals surface area contributed by atoms with E-state index in [-0.39, 0.29) is 11.2 Å². The molecule has 1 amide bonds. The SMILES string of the molecule is CN(C)C(=O)[C@@H](Nc1nc(Cl)ncc1Cl)c1ccccc1. The minimum absolute atomic E-state index is 0.0611. The van der Waals surface area contributed by atoms with Crippen molar-refractivity contribution in [2.45, 2.75) is 6.04 Å². The highest BCUT2D eigenvalue weighted by atomic mass is 35.5. The summed E-state index contributed by atoms with van der Waals surface area (Å²) in [5.74, 6) is 0.202. The van der Waals surface area contributed by atoms with Crippen molar-refractivity contribution in [3.8, 4) is 0 Å². The Hall–Kier alpha value is -1.85. The fourth-order valence-electron chi connectivity index (χ4n) is 1.77. The monoisotopic (exact) mass is 324 g/mol. The zero-order valence-corrected chi connectivity index (χ0v) is 13.1. The zero-order chi connectivity index (χ0) is 15.4. The van der Waals surface area contributed by atoms with Crippen LogP contribution in [0.4, 0.5) is 5.82 Å². The van der Waals surface area contributed by atoms with Crippen LogP contribution in [0.3, 0.4) is 0 Å². The standard InChI is InChI=1S/C14H14Cl2N4O/c1-20(2)13(21)11(9-6-4-3-5-7-9)18-12-10(15)8-17-14(16)19-12/h3-8,11H,1-2H3,(H,17,18,19)/t11-/m0/s1. The van der Waals surface area contributed by atoms with Crippen LogP contribution < -0.4 is 5.32 Å². The fraction of sp³-hybridized carbons (Fsp3) is 0.214. The number of hydrogen-bond acceptors (Lipinski definition) is 4. The van der Waals surface area contributed by atoms with Gasteiger partial charge in [-0.1, -0.05) is 41.9 Å². The summed E-state index contributed by atoms with van der Waals surface area (Å²) in [5, 5.41) is 3.39. The van der Waals surface area contributed by atoms with Gasteiger partial charge in [-0.3, -0.25) is 4.79 Å². The van der Waals surface area contributed by atoms with Gasteiger partial charge in [0.15, 0.2) is 5.82 Å². The molecule has 0 aliphatic heterocycles. The van der Waals surface area contributed by atoms with Crippen LogP contribution in [0.15, 0.2) is 36.5 Å². The lowest BCUT2D eigenvalue weighted by molar-refractivity contribution is -0.129. The summed E-state index contributed by atoms with van der Waals surface area (Å²) in [6.07, 6.45) is 1.39. The van der Waals surface area contributed by atoms with Crippen LogP contribution in [0.5, 0.6) is 0 Å². The van der Waals surface area contributed by atoms with Crippen LogP contribution in [0, 0.1) is 0 Å². The molecule has 110 valence electrons. The highest BCUT2D eigenvalue weighted by molar-refractivity contribution is 6.33. The molecule has 0 aliphatic rings. The lowest BCUT2D eigenvalue weighted by atomic mass is 10.1. The summed E-state index contributed by atoms with van der Waals surface area (Å²) < 4.78 is 0. The second kappa shape index (κ2) is 6.74. The molecule has 1 aromatic carbocycles. The summed E-state index contributed by atoms with van der Waals surface area (Å²) >= 11 is 11.8.